The van der Waals surface area contributed by atoms with Crippen LogP contribution in [-0.4, -0.2) is 28.4 Å². The minimum Gasteiger partial charge on any atom is -0.485 e. The van der Waals surface area contributed by atoms with Gasteiger partial charge < -0.3 is 9.64 Å². The zero-order valence-corrected chi connectivity index (χ0v) is 14.2. The van der Waals surface area contributed by atoms with E-state index in [4.69, 9.17) is 4.74 Å². The summed E-state index contributed by atoms with van der Waals surface area (Å²) in [6.07, 6.45) is 3.95. The lowest BCUT2D eigenvalue weighted by Gasteiger charge is -2.12. The number of imidazole rings is 1. The van der Waals surface area contributed by atoms with Crippen LogP contribution in [0, 0.1) is 13.8 Å². The van der Waals surface area contributed by atoms with E-state index in [-0.39, 0.29) is 0 Å². The Labute approximate surface area is 137 Å². The van der Waals surface area contributed by atoms with Crippen molar-refractivity contribution < 1.29 is 4.74 Å². The van der Waals surface area contributed by atoms with E-state index in [1.807, 2.05) is 24.5 Å². The quantitative estimate of drug-likeness (QED) is 0.721. The van der Waals surface area contributed by atoms with E-state index >= 15 is 0 Å². The number of aromatic nitrogens is 2. The molecule has 120 valence electrons. The fourth-order valence-electron chi connectivity index (χ4n) is 2.70. The largest absolute Gasteiger partial charge is 0.485 e. The Morgan fingerprint density at radius 3 is 2.78 bits per heavy atom. The summed E-state index contributed by atoms with van der Waals surface area (Å²) in [6.45, 7) is 5.62. The number of fused-ring (bicyclic) bond motifs is 1. The lowest BCUT2D eigenvalue weighted by atomic mass is 10.1. The summed E-state index contributed by atoms with van der Waals surface area (Å²) in [7, 11) is 4.11. The number of nitrogens with zero attached hydrogens (tertiary/aromatic N) is 3. The molecule has 0 saturated heterocycles. The van der Waals surface area contributed by atoms with Gasteiger partial charge in [0.2, 0.25) is 0 Å². The second-order valence-corrected chi connectivity index (χ2v) is 6.27. The van der Waals surface area contributed by atoms with E-state index in [2.05, 4.69) is 60.4 Å². The second-order valence-electron chi connectivity index (χ2n) is 6.27. The fraction of sp³-hybridized carbons (Fsp3) is 0.316. The minimum atomic E-state index is 0.559. The summed E-state index contributed by atoms with van der Waals surface area (Å²) < 4.78 is 8.16. The normalized spacial score (nSPS) is 11.3. The molecule has 0 N–H and O–H groups in total. The Balaban J connectivity index is 1.86. The summed E-state index contributed by atoms with van der Waals surface area (Å²) >= 11 is 0. The predicted molar refractivity (Wildman–Crippen MR) is 92.8 cm³/mol. The summed E-state index contributed by atoms with van der Waals surface area (Å²) in [5, 5.41) is 0. The number of rotatable bonds is 5. The van der Waals surface area contributed by atoms with Crippen LogP contribution in [0.3, 0.4) is 0 Å². The highest BCUT2D eigenvalue weighted by Gasteiger charge is 2.09. The van der Waals surface area contributed by atoms with Crippen LogP contribution in [-0.2, 0) is 13.2 Å². The van der Waals surface area contributed by atoms with E-state index in [9.17, 15) is 0 Å². The Kier molecular flexibility index (Phi) is 4.35. The molecule has 0 aliphatic heterocycles. The number of benzene rings is 1. The molecule has 0 unspecified atom stereocenters. The van der Waals surface area contributed by atoms with Crippen molar-refractivity contribution in [2.75, 3.05) is 14.1 Å². The van der Waals surface area contributed by atoms with Crippen LogP contribution in [0.25, 0.3) is 5.65 Å². The van der Waals surface area contributed by atoms with Gasteiger partial charge in [-0.15, -0.1) is 0 Å². The van der Waals surface area contributed by atoms with Crippen LogP contribution < -0.4 is 4.74 Å². The smallest absolute Gasteiger partial charge is 0.179 e. The molecule has 0 amide bonds. The third-order valence-corrected chi connectivity index (χ3v) is 3.94. The van der Waals surface area contributed by atoms with Gasteiger partial charge in [-0.25, -0.2) is 4.98 Å². The highest BCUT2D eigenvalue weighted by Crippen LogP contribution is 2.22. The van der Waals surface area contributed by atoms with Crippen LogP contribution in [0.1, 0.15) is 22.4 Å². The molecular weight excluding hydrogens is 286 g/mol. The molecule has 23 heavy (non-hydrogen) atoms. The molecule has 0 aliphatic carbocycles. The average Bonchev–Trinajstić information content (AvgIpc) is 2.91. The van der Waals surface area contributed by atoms with Crippen molar-refractivity contribution in [2.45, 2.75) is 27.0 Å². The van der Waals surface area contributed by atoms with Gasteiger partial charge in [-0.3, -0.25) is 4.40 Å². The average molecular weight is 309 g/mol. The summed E-state index contributed by atoms with van der Waals surface area (Å²) in [5.74, 6) is 0.818. The molecule has 2 aromatic heterocycles. The molecule has 0 aliphatic rings. The third kappa shape index (κ3) is 3.37. The lowest BCUT2D eigenvalue weighted by Crippen LogP contribution is -2.12. The van der Waals surface area contributed by atoms with Crippen LogP contribution >= 0.6 is 0 Å². The molecule has 0 saturated carbocycles. The maximum Gasteiger partial charge on any atom is 0.179 e. The van der Waals surface area contributed by atoms with Gasteiger partial charge in [-0.2, -0.15) is 0 Å². The van der Waals surface area contributed by atoms with Gasteiger partial charge in [0.1, 0.15) is 6.61 Å². The molecule has 2 heterocycles. The van der Waals surface area contributed by atoms with Gasteiger partial charge in [-0.05, 0) is 51.2 Å². The molecule has 3 rings (SSSR count). The highest BCUT2D eigenvalue weighted by molar-refractivity contribution is 5.54. The maximum atomic E-state index is 6.06. The van der Waals surface area contributed by atoms with Crippen molar-refractivity contribution >= 4 is 5.65 Å². The summed E-state index contributed by atoms with van der Waals surface area (Å²) in [6, 6.07) is 10.4. The molecule has 0 atom stereocenters. The number of ether oxygens (including phenoxy) is 1. The number of hydrogen-bond acceptors (Lipinski definition) is 3. The Hall–Kier alpha value is -2.33. The first-order valence-corrected chi connectivity index (χ1v) is 7.83. The number of aryl methyl sites for hydroxylation is 2. The predicted octanol–water partition coefficient (Wildman–Crippen LogP) is 3.59. The first-order valence-electron chi connectivity index (χ1n) is 7.83. The Bertz CT molecular complexity index is 821. The highest BCUT2D eigenvalue weighted by atomic mass is 16.5. The van der Waals surface area contributed by atoms with Crippen LogP contribution in [0.15, 0.2) is 42.7 Å². The zero-order valence-electron chi connectivity index (χ0n) is 14.2. The molecule has 1 aromatic carbocycles. The number of pyridine rings is 1. The van der Waals surface area contributed by atoms with Gasteiger partial charge in [0, 0.05) is 12.7 Å². The molecule has 3 aromatic rings. The van der Waals surface area contributed by atoms with Crippen molar-refractivity contribution in [3.8, 4) is 5.75 Å². The maximum absolute atomic E-state index is 6.06. The van der Waals surface area contributed by atoms with Crippen LogP contribution in [0.5, 0.6) is 5.75 Å². The van der Waals surface area contributed by atoms with Gasteiger partial charge in [0.25, 0.3) is 0 Å². The standard InChI is InChI=1S/C19H23N3O/c1-14-7-8-15(2)16(10-14)13-23-18-6-5-9-22-17(12-21(3)4)11-20-19(18)22/h5-11H,12-13H2,1-4H3. The molecule has 4 nitrogen and oxygen atoms in total. The molecule has 0 radical (unpaired) electrons. The van der Waals surface area contributed by atoms with Crippen LogP contribution in [0.2, 0.25) is 0 Å². The first kappa shape index (κ1) is 15.6. The number of hydrogen-bond donors (Lipinski definition) is 0. The summed E-state index contributed by atoms with van der Waals surface area (Å²) in [4.78, 5) is 6.67. The molecule has 0 bridgehead atoms. The Morgan fingerprint density at radius 1 is 1.17 bits per heavy atom. The summed E-state index contributed by atoms with van der Waals surface area (Å²) in [5.41, 5.74) is 5.74. The Morgan fingerprint density at radius 2 is 2.00 bits per heavy atom. The zero-order chi connectivity index (χ0) is 16.4. The van der Waals surface area contributed by atoms with Crippen molar-refractivity contribution in [3.05, 3.63) is 65.1 Å². The van der Waals surface area contributed by atoms with Crippen molar-refractivity contribution in [3.63, 3.8) is 0 Å². The van der Waals surface area contributed by atoms with Gasteiger partial charge in [0.05, 0.1) is 11.9 Å². The van der Waals surface area contributed by atoms with E-state index < -0.39 is 0 Å². The molecular formula is C19H23N3O. The van der Waals surface area contributed by atoms with E-state index in [1.165, 1.54) is 16.7 Å². The van der Waals surface area contributed by atoms with Crippen molar-refractivity contribution in [1.29, 1.82) is 0 Å². The first-order chi connectivity index (χ1) is 11.0. The fourth-order valence-corrected chi connectivity index (χ4v) is 2.70. The van der Waals surface area contributed by atoms with Crippen molar-refractivity contribution in [1.82, 2.24) is 14.3 Å². The third-order valence-electron chi connectivity index (χ3n) is 3.94. The van der Waals surface area contributed by atoms with Gasteiger partial charge in [-0.1, -0.05) is 23.8 Å². The van der Waals surface area contributed by atoms with Crippen LogP contribution in [0.4, 0.5) is 0 Å². The van der Waals surface area contributed by atoms with E-state index in [1.54, 1.807) is 0 Å². The molecule has 0 spiro atoms. The van der Waals surface area contributed by atoms with E-state index in [0.29, 0.717) is 6.61 Å². The monoisotopic (exact) mass is 309 g/mol. The second kappa shape index (κ2) is 6.42. The SMILES string of the molecule is Cc1ccc(C)c(COc2cccn3c(CN(C)C)cnc23)c1. The van der Waals surface area contributed by atoms with Gasteiger partial charge in [0.15, 0.2) is 11.4 Å². The van der Waals surface area contributed by atoms with Crippen molar-refractivity contribution in [2.24, 2.45) is 0 Å². The van der Waals surface area contributed by atoms with E-state index in [0.717, 1.165) is 23.6 Å². The minimum absolute atomic E-state index is 0.559. The molecule has 0 fully saturated rings. The molecule has 4 heteroatoms. The van der Waals surface area contributed by atoms with Gasteiger partial charge >= 0.3 is 0 Å². The topological polar surface area (TPSA) is 29.8 Å². The lowest BCUT2D eigenvalue weighted by molar-refractivity contribution is 0.307.